The van der Waals surface area contributed by atoms with Crippen LogP contribution in [0.4, 0.5) is 0 Å². The van der Waals surface area contributed by atoms with Gasteiger partial charge < -0.3 is 9.40 Å². The molecule has 1 fully saturated rings. The van der Waals surface area contributed by atoms with Gasteiger partial charge >= 0.3 is 0 Å². The molecule has 9 heteroatoms. The minimum absolute atomic E-state index is 0.124. The maximum atomic E-state index is 13.7. The standard InChI is InChI=1S/C29H32N6O2S/c1-2-20-12-13-26-21(16-20)17-25(29(36)30-26)27(28-31-32-33-35(28)22-8-4-3-5-9-22)34(18-23-10-6-14-37-23)19-24-11-7-15-38-24/h6-7,10-17,22,27H,2-5,8-9,18-19H2,1H3,(H,30,36)/t27-/m0/s1. The number of rotatable bonds is 9. The van der Waals surface area contributed by atoms with Crippen molar-refractivity contribution in [2.45, 2.75) is 70.6 Å². The van der Waals surface area contributed by atoms with Crippen LogP contribution in [0.3, 0.4) is 0 Å². The molecule has 8 nitrogen and oxygen atoms in total. The second-order valence-corrected chi connectivity index (χ2v) is 11.1. The first-order chi connectivity index (χ1) is 18.7. The van der Waals surface area contributed by atoms with Crippen molar-refractivity contribution in [3.8, 4) is 0 Å². The zero-order chi connectivity index (χ0) is 25.9. The summed E-state index contributed by atoms with van der Waals surface area (Å²) in [6, 6.07) is 16.1. The van der Waals surface area contributed by atoms with E-state index in [0.29, 0.717) is 24.5 Å². The van der Waals surface area contributed by atoms with Crippen LogP contribution in [-0.4, -0.2) is 30.1 Å². The lowest BCUT2D eigenvalue weighted by Crippen LogP contribution is -2.35. The Hall–Kier alpha value is -3.56. The Bertz CT molecular complexity index is 1500. The Labute approximate surface area is 225 Å². The molecule has 1 aliphatic rings. The first-order valence-corrected chi connectivity index (χ1v) is 14.3. The van der Waals surface area contributed by atoms with Crippen molar-refractivity contribution in [3.63, 3.8) is 0 Å². The summed E-state index contributed by atoms with van der Waals surface area (Å²) in [4.78, 5) is 20.3. The predicted octanol–water partition coefficient (Wildman–Crippen LogP) is 6.03. The van der Waals surface area contributed by atoms with Gasteiger partial charge in [0, 0.05) is 22.5 Å². The Morgan fingerprint density at radius 2 is 2.03 bits per heavy atom. The van der Waals surface area contributed by atoms with Gasteiger partial charge in [-0.2, -0.15) is 0 Å². The van der Waals surface area contributed by atoms with E-state index in [1.54, 1.807) is 17.6 Å². The van der Waals surface area contributed by atoms with Gasteiger partial charge in [0.2, 0.25) is 0 Å². The maximum absolute atomic E-state index is 13.7. The van der Waals surface area contributed by atoms with Gasteiger partial charge in [0.25, 0.3) is 5.56 Å². The molecule has 6 rings (SSSR count). The molecule has 4 heterocycles. The number of aromatic amines is 1. The van der Waals surface area contributed by atoms with E-state index >= 15 is 0 Å². The summed E-state index contributed by atoms with van der Waals surface area (Å²) in [5.41, 5.74) is 2.57. The molecule has 0 aliphatic heterocycles. The lowest BCUT2D eigenvalue weighted by molar-refractivity contribution is 0.175. The molecule has 196 valence electrons. The number of nitrogens with one attached hydrogen (secondary N) is 1. The average molecular weight is 529 g/mol. The molecule has 0 saturated heterocycles. The molecule has 0 unspecified atom stereocenters. The molecule has 0 amide bonds. The van der Waals surface area contributed by atoms with Gasteiger partial charge in [-0.05, 0) is 82.4 Å². The largest absolute Gasteiger partial charge is 0.468 e. The van der Waals surface area contributed by atoms with Crippen molar-refractivity contribution in [3.05, 3.63) is 98.1 Å². The molecular formula is C29H32N6O2S. The predicted molar refractivity (Wildman–Crippen MR) is 148 cm³/mol. The zero-order valence-electron chi connectivity index (χ0n) is 21.5. The SMILES string of the molecule is CCc1ccc2[nH]c(=O)c([C@@H](c3nnnn3C3CCCCC3)N(Cc3ccco3)Cc3cccs3)cc2c1. The van der Waals surface area contributed by atoms with Crippen molar-refractivity contribution >= 4 is 22.2 Å². The number of aryl methyl sites for hydroxylation is 1. The summed E-state index contributed by atoms with van der Waals surface area (Å²) < 4.78 is 7.77. The van der Waals surface area contributed by atoms with Crippen molar-refractivity contribution in [2.24, 2.45) is 0 Å². The second-order valence-electron chi connectivity index (χ2n) is 10.1. The summed E-state index contributed by atoms with van der Waals surface area (Å²) in [6.45, 7) is 3.29. The first-order valence-electron chi connectivity index (χ1n) is 13.4. The third kappa shape index (κ3) is 5.08. The van der Waals surface area contributed by atoms with E-state index in [-0.39, 0.29) is 11.6 Å². The number of hydrogen-bond donors (Lipinski definition) is 1. The van der Waals surface area contributed by atoms with Gasteiger partial charge in [0.05, 0.1) is 18.8 Å². The molecule has 0 spiro atoms. The van der Waals surface area contributed by atoms with Crippen LogP contribution in [0.2, 0.25) is 0 Å². The molecule has 1 aromatic carbocycles. The number of benzene rings is 1. The van der Waals surface area contributed by atoms with Gasteiger partial charge in [-0.3, -0.25) is 9.69 Å². The van der Waals surface area contributed by atoms with E-state index in [2.05, 4.69) is 62.0 Å². The molecule has 0 radical (unpaired) electrons. The van der Waals surface area contributed by atoms with Crippen molar-refractivity contribution in [1.82, 2.24) is 30.1 Å². The molecule has 38 heavy (non-hydrogen) atoms. The van der Waals surface area contributed by atoms with Crippen LogP contribution in [0.15, 0.2) is 69.4 Å². The smallest absolute Gasteiger partial charge is 0.253 e. The fraction of sp³-hybridized carbons (Fsp3) is 0.379. The van der Waals surface area contributed by atoms with Crippen LogP contribution < -0.4 is 5.56 Å². The fourth-order valence-electron chi connectivity index (χ4n) is 5.61. The van der Waals surface area contributed by atoms with Crippen molar-refractivity contribution < 1.29 is 4.42 Å². The van der Waals surface area contributed by atoms with Crippen LogP contribution in [0.1, 0.15) is 78.7 Å². The van der Waals surface area contributed by atoms with Crippen molar-refractivity contribution in [1.29, 1.82) is 0 Å². The van der Waals surface area contributed by atoms with Gasteiger partial charge in [-0.1, -0.05) is 38.3 Å². The number of tetrazole rings is 1. The van der Waals surface area contributed by atoms with Crippen molar-refractivity contribution in [2.75, 3.05) is 0 Å². The third-order valence-electron chi connectivity index (χ3n) is 7.57. The summed E-state index contributed by atoms with van der Waals surface area (Å²) in [6.07, 6.45) is 8.27. The van der Waals surface area contributed by atoms with Crippen LogP contribution in [0.25, 0.3) is 10.9 Å². The Balaban J connectivity index is 1.52. The van der Waals surface area contributed by atoms with E-state index in [1.165, 1.54) is 16.9 Å². The molecule has 1 N–H and O–H groups in total. The molecule has 5 aromatic rings. The molecular weight excluding hydrogens is 496 g/mol. The maximum Gasteiger partial charge on any atom is 0.253 e. The lowest BCUT2D eigenvalue weighted by atomic mass is 9.95. The molecule has 1 aliphatic carbocycles. The number of hydrogen-bond acceptors (Lipinski definition) is 7. The fourth-order valence-corrected chi connectivity index (χ4v) is 6.33. The number of thiophene rings is 1. The Morgan fingerprint density at radius 1 is 1.13 bits per heavy atom. The number of pyridine rings is 1. The number of nitrogens with zero attached hydrogens (tertiary/aromatic N) is 5. The molecule has 1 saturated carbocycles. The topological polar surface area (TPSA) is 92.8 Å². The van der Waals surface area contributed by atoms with Crippen LogP contribution in [0.5, 0.6) is 0 Å². The molecule has 4 aromatic heterocycles. The normalized spacial score (nSPS) is 15.4. The van der Waals surface area contributed by atoms with E-state index in [4.69, 9.17) is 4.42 Å². The Kier molecular flexibility index (Phi) is 7.20. The highest BCUT2D eigenvalue weighted by Gasteiger charge is 2.33. The number of fused-ring (bicyclic) bond motifs is 1. The summed E-state index contributed by atoms with van der Waals surface area (Å²) in [7, 11) is 0. The highest BCUT2D eigenvalue weighted by molar-refractivity contribution is 7.09. The summed E-state index contributed by atoms with van der Waals surface area (Å²) >= 11 is 1.70. The minimum Gasteiger partial charge on any atom is -0.468 e. The zero-order valence-corrected chi connectivity index (χ0v) is 22.4. The summed E-state index contributed by atoms with van der Waals surface area (Å²) in [5, 5.41) is 16.3. The third-order valence-corrected chi connectivity index (χ3v) is 8.43. The summed E-state index contributed by atoms with van der Waals surface area (Å²) in [5.74, 6) is 1.53. The lowest BCUT2D eigenvalue weighted by Gasteiger charge is -2.31. The number of aromatic nitrogens is 5. The minimum atomic E-state index is -0.461. The molecule has 0 bridgehead atoms. The quantitative estimate of drug-likeness (QED) is 0.251. The highest BCUT2D eigenvalue weighted by Crippen LogP contribution is 2.35. The number of furan rings is 1. The van der Waals surface area contributed by atoms with Crippen LogP contribution >= 0.6 is 11.3 Å². The molecule has 1 atom stereocenters. The van der Waals surface area contributed by atoms with Gasteiger partial charge in [0.15, 0.2) is 5.82 Å². The van der Waals surface area contributed by atoms with Gasteiger partial charge in [0.1, 0.15) is 11.8 Å². The average Bonchev–Trinajstić information content (AvgIpc) is 3.73. The Morgan fingerprint density at radius 3 is 2.79 bits per heavy atom. The van der Waals surface area contributed by atoms with Gasteiger partial charge in [-0.15, -0.1) is 16.4 Å². The van der Waals surface area contributed by atoms with E-state index < -0.39 is 6.04 Å². The second kappa shape index (κ2) is 11.0. The first kappa shape index (κ1) is 24.8. The van der Waals surface area contributed by atoms with E-state index in [0.717, 1.165) is 48.8 Å². The van der Waals surface area contributed by atoms with Gasteiger partial charge in [-0.25, -0.2) is 4.68 Å². The monoisotopic (exact) mass is 528 g/mol. The van der Waals surface area contributed by atoms with E-state index in [9.17, 15) is 4.79 Å². The van der Waals surface area contributed by atoms with Crippen LogP contribution in [0, 0.1) is 0 Å². The van der Waals surface area contributed by atoms with E-state index in [1.807, 2.05) is 28.9 Å². The number of H-pyrrole nitrogens is 1. The highest BCUT2D eigenvalue weighted by atomic mass is 32.1. The van der Waals surface area contributed by atoms with Crippen LogP contribution in [-0.2, 0) is 19.5 Å².